The highest BCUT2D eigenvalue weighted by Gasteiger charge is 2.25. The van der Waals surface area contributed by atoms with Crippen molar-refractivity contribution in [3.05, 3.63) is 140 Å². The Balaban J connectivity index is 1.36. The minimum Gasteiger partial charge on any atom is -0.309 e. The molecule has 0 unspecified atom stereocenters. The normalized spacial score (nSPS) is 12.3. The van der Waals surface area contributed by atoms with Crippen LogP contribution in [0.1, 0.15) is 0 Å². The molecule has 1 aliphatic carbocycles. The average molecular weight is 550 g/mol. The summed E-state index contributed by atoms with van der Waals surface area (Å²) in [6.45, 7) is 0. The standard InChI is InChI=1S/C40H23NS/c1-2-9-24(10-3-1)26-12-6-13-27(21-26)41-34-17-8-16-30-32-23-37-33(28-14-4-5-18-36(28)42-37)22-31(32)29-15-7-11-25-19-20-35(41)40(38(25)29)39(30)34/h1-23H. The van der Waals surface area contributed by atoms with Crippen molar-refractivity contribution in [2.24, 2.45) is 0 Å². The van der Waals surface area contributed by atoms with Crippen LogP contribution in [-0.2, 0) is 0 Å². The summed E-state index contributed by atoms with van der Waals surface area (Å²) in [6, 6.07) is 51.7. The molecule has 0 saturated carbocycles. The Kier molecular flexibility index (Phi) is 4.39. The summed E-state index contributed by atoms with van der Waals surface area (Å²) in [5.74, 6) is 0. The lowest BCUT2D eigenvalue weighted by molar-refractivity contribution is 1.18. The number of hydrogen-bond donors (Lipinski definition) is 0. The second-order valence-corrected chi connectivity index (χ2v) is 12.4. The summed E-state index contributed by atoms with van der Waals surface area (Å²) >= 11 is 1.90. The van der Waals surface area contributed by atoms with Crippen LogP contribution < -0.4 is 0 Å². The molecule has 0 radical (unpaired) electrons. The van der Waals surface area contributed by atoms with Crippen LogP contribution in [0, 0.1) is 0 Å². The lowest BCUT2D eigenvalue weighted by atomic mass is 9.92. The molecular weight excluding hydrogens is 527 g/mol. The number of hydrogen-bond acceptors (Lipinski definition) is 1. The van der Waals surface area contributed by atoms with Crippen LogP contribution in [0.25, 0.3) is 91.8 Å². The van der Waals surface area contributed by atoms with E-state index in [0.717, 1.165) is 0 Å². The molecule has 9 aromatic rings. The molecule has 2 heterocycles. The Morgan fingerprint density at radius 3 is 2.07 bits per heavy atom. The van der Waals surface area contributed by atoms with E-state index < -0.39 is 0 Å². The molecule has 0 fully saturated rings. The summed E-state index contributed by atoms with van der Waals surface area (Å²) in [7, 11) is 0. The summed E-state index contributed by atoms with van der Waals surface area (Å²) in [5, 5.41) is 8.02. The fourth-order valence-electron chi connectivity index (χ4n) is 7.33. The molecule has 0 saturated heterocycles. The van der Waals surface area contributed by atoms with Crippen LogP contribution in [0.4, 0.5) is 0 Å². The molecule has 1 nitrogen and oxygen atoms in total. The van der Waals surface area contributed by atoms with Crippen molar-refractivity contribution in [1.29, 1.82) is 0 Å². The predicted molar refractivity (Wildman–Crippen MR) is 181 cm³/mol. The molecule has 2 heteroatoms. The highest BCUT2D eigenvalue weighted by Crippen LogP contribution is 2.51. The second-order valence-electron chi connectivity index (χ2n) is 11.3. The van der Waals surface area contributed by atoms with Gasteiger partial charge in [0, 0.05) is 36.6 Å². The van der Waals surface area contributed by atoms with Crippen LogP contribution in [0.3, 0.4) is 0 Å². The van der Waals surface area contributed by atoms with Gasteiger partial charge in [0.05, 0.1) is 11.0 Å². The SMILES string of the molecule is c1ccc(-c2cccc(-n3c4cccc5c4c4c6c(cccc6ccc43)-c3cc4c(cc3-5)sc3ccccc34)c2)cc1. The number of thiophene rings is 1. The molecule has 0 aliphatic heterocycles. The van der Waals surface area contributed by atoms with Gasteiger partial charge in [0.25, 0.3) is 0 Å². The number of fused-ring (bicyclic) bond motifs is 6. The van der Waals surface area contributed by atoms with Gasteiger partial charge in [-0.05, 0) is 86.6 Å². The third kappa shape index (κ3) is 2.92. The van der Waals surface area contributed by atoms with E-state index in [4.69, 9.17) is 0 Å². The van der Waals surface area contributed by atoms with E-state index >= 15 is 0 Å². The van der Waals surface area contributed by atoms with Gasteiger partial charge in [0.15, 0.2) is 0 Å². The van der Waals surface area contributed by atoms with Gasteiger partial charge in [-0.15, -0.1) is 11.3 Å². The molecule has 194 valence electrons. The maximum Gasteiger partial charge on any atom is 0.0548 e. The van der Waals surface area contributed by atoms with Gasteiger partial charge in [-0.2, -0.15) is 0 Å². The molecule has 0 amide bonds. The van der Waals surface area contributed by atoms with Crippen LogP contribution in [-0.4, -0.2) is 4.57 Å². The molecule has 0 atom stereocenters. The summed E-state index contributed by atoms with van der Waals surface area (Å²) in [5.41, 5.74) is 11.4. The molecule has 2 aromatic heterocycles. The Labute approximate surface area is 246 Å². The average Bonchev–Trinajstić information content (AvgIpc) is 3.56. The molecular formula is C40H23NS. The smallest absolute Gasteiger partial charge is 0.0548 e. The van der Waals surface area contributed by atoms with Crippen molar-refractivity contribution in [2.75, 3.05) is 0 Å². The zero-order valence-electron chi connectivity index (χ0n) is 22.6. The van der Waals surface area contributed by atoms with Crippen molar-refractivity contribution >= 4 is 64.1 Å². The first-order valence-electron chi connectivity index (χ1n) is 14.4. The van der Waals surface area contributed by atoms with Gasteiger partial charge in [-0.1, -0.05) is 97.1 Å². The van der Waals surface area contributed by atoms with Crippen molar-refractivity contribution in [3.8, 4) is 39.1 Å². The number of nitrogens with zero attached hydrogens (tertiary/aromatic N) is 1. The van der Waals surface area contributed by atoms with Crippen LogP contribution in [0.15, 0.2) is 140 Å². The van der Waals surface area contributed by atoms with Crippen LogP contribution in [0.2, 0.25) is 0 Å². The lowest BCUT2D eigenvalue weighted by Crippen LogP contribution is -1.95. The molecule has 1 aliphatic rings. The van der Waals surface area contributed by atoms with Crippen LogP contribution in [0.5, 0.6) is 0 Å². The molecule has 7 aromatic carbocycles. The van der Waals surface area contributed by atoms with Gasteiger partial charge in [0.2, 0.25) is 0 Å². The molecule has 0 N–H and O–H groups in total. The Morgan fingerprint density at radius 1 is 0.405 bits per heavy atom. The third-order valence-electron chi connectivity index (χ3n) is 9.11. The maximum atomic E-state index is 2.47. The van der Waals surface area contributed by atoms with Crippen molar-refractivity contribution in [1.82, 2.24) is 4.57 Å². The minimum atomic E-state index is 1.19. The van der Waals surface area contributed by atoms with E-state index in [9.17, 15) is 0 Å². The minimum absolute atomic E-state index is 1.19. The molecule has 42 heavy (non-hydrogen) atoms. The van der Waals surface area contributed by atoms with Gasteiger partial charge in [-0.25, -0.2) is 0 Å². The zero-order chi connectivity index (χ0) is 27.4. The van der Waals surface area contributed by atoms with Gasteiger partial charge in [-0.3, -0.25) is 0 Å². The molecule has 0 bridgehead atoms. The Morgan fingerprint density at radius 2 is 1.14 bits per heavy atom. The largest absolute Gasteiger partial charge is 0.309 e. The number of benzene rings is 7. The summed E-state index contributed by atoms with van der Waals surface area (Å²) < 4.78 is 5.16. The molecule has 0 spiro atoms. The summed E-state index contributed by atoms with van der Waals surface area (Å²) in [6.07, 6.45) is 0. The van der Waals surface area contributed by atoms with E-state index in [1.165, 1.54) is 91.8 Å². The topological polar surface area (TPSA) is 4.93 Å². The summed E-state index contributed by atoms with van der Waals surface area (Å²) in [4.78, 5) is 0. The molecule has 10 rings (SSSR count). The van der Waals surface area contributed by atoms with E-state index in [-0.39, 0.29) is 0 Å². The maximum absolute atomic E-state index is 2.47. The van der Waals surface area contributed by atoms with Crippen molar-refractivity contribution in [2.45, 2.75) is 0 Å². The van der Waals surface area contributed by atoms with E-state index in [2.05, 4.69) is 144 Å². The van der Waals surface area contributed by atoms with Crippen molar-refractivity contribution < 1.29 is 0 Å². The third-order valence-corrected chi connectivity index (χ3v) is 10.2. The van der Waals surface area contributed by atoms with Gasteiger partial charge in [0.1, 0.15) is 0 Å². The first kappa shape index (κ1) is 22.5. The van der Waals surface area contributed by atoms with E-state index in [1.54, 1.807) is 0 Å². The Hall–Kier alpha value is -5.18. The van der Waals surface area contributed by atoms with Crippen LogP contribution >= 0.6 is 11.3 Å². The lowest BCUT2D eigenvalue weighted by Gasteiger charge is -2.15. The highest BCUT2D eigenvalue weighted by molar-refractivity contribution is 7.25. The Bertz CT molecular complexity index is 2560. The monoisotopic (exact) mass is 549 g/mol. The predicted octanol–water partition coefficient (Wildman–Crippen LogP) is 11.6. The van der Waals surface area contributed by atoms with E-state index in [1.807, 2.05) is 11.3 Å². The quantitative estimate of drug-likeness (QED) is 0.202. The zero-order valence-corrected chi connectivity index (χ0v) is 23.5. The number of rotatable bonds is 2. The fraction of sp³-hybridized carbons (Fsp3) is 0. The van der Waals surface area contributed by atoms with Gasteiger partial charge >= 0.3 is 0 Å². The highest BCUT2D eigenvalue weighted by atomic mass is 32.1. The first-order chi connectivity index (χ1) is 20.8. The fourth-order valence-corrected chi connectivity index (χ4v) is 8.45. The van der Waals surface area contributed by atoms with E-state index in [0.29, 0.717) is 0 Å². The second kappa shape index (κ2) is 8.19. The van der Waals surface area contributed by atoms with Crippen molar-refractivity contribution in [3.63, 3.8) is 0 Å². The first-order valence-corrected chi connectivity index (χ1v) is 15.3. The number of aromatic nitrogens is 1. The van der Waals surface area contributed by atoms with Gasteiger partial charge < -0.3 is 4.57 Å².